The van der Waals surface area contributed by atoms with Crippen LogP contribution in [0.3, 0.4) is 0 Å². The minimum absolute atomic E-state index is 0.491. The Labute approximate surface area is 111 Å². The lowest BCUT2D eigenvalue weighted by molar-refractivity contribution is 0.393. The van der Waals surface area contributed by atoms with Crippen LogP contribution in [0.1, 0.15) is 25.7 Å². The molecule has 2 atom stereocenters. The first-order chi connectivity index (χ1) is 8.22. The van der Waals surface area contributed by atoms with Crippen LogP contribution in [0, 0.1) is 0 Å². The fourth-order valence-corrected chi connectivity index (χ4v) is 3.22. The maximum Gasteiger partial charge on any atom is 0.233 e. The summed E-state index contributed by atoms with van der Waals surface area (Å²) in [5.74, 6) is 1.44. The van der Waals surface area contributed by atoms with E-state index in [4.69, 9.17) is 4.74 Å². The molecule has 94 valence electrons. The van der Waals surface area contributed by atoms with Crippen molar-refractivity contribution in [3.8, 4) is 5.88 Å². The number of hydrogen-bond donors (Lipinski definition) is 0. The summed E-state index contributed by atoms with van der Waals surface area (Å²) in [6.07, 6.45) is 8.44. The standard InChI is InChI=1S/C12H18BrN3O/c1-16(10-6-4-3-5-9(10)13)11-7-14-8-12(15-11)17-2/h7-10H,3-6H2,1-2H3. The molecule has 1 aromatic heterocycles. The Bertz CT molecular complexity index is 375. The predicted molar refractivity (Wildman–Crippen MR) is 72.0 cm³/mol. The number of anilines is 1. The second kappa shape index (κ2) is 5.67. The molecular formula is C12H18BrN3O. The first-order valence-corrected chi connectivity index (χ1v) is 6.87. The summed E-state index contributed by atoms with van der Waals surface area (Å²) in [6.45, 7) is 0. The van der Waals surface area contributed by atoms with Gasteiger partial charge in [-0.1, -0.05) is 28.8 Å². The molecule has 1 aliphatic rings. The maximum atomic E-state index is 5.11. The van der Waals surface area contributed by atoms with Gasteiger partial charge in [0.15, 0.2) is 5.82 Å². The monoisotopic (exact) mass is 299 g/mol. The summed E-state index contributed by atoms with van der Waals surface area (Å²) in [4.78, 5) is 11.3. The Morgan fingerprint density at radius 2 is 2.12 bits per heavy atom. The minimum Gasteiger partial charge on any atom is -0.480 e. The molecule has 0 aromatic carbocycles. The largest absolute Gasteiger partial charge is 0.480 e. The highest BCUT2D eigenvalue weighted by Crippen LogP contribution is 2.30. The average Bonchev–Trinajstić information content (AvgIpc) is 2.38. The topological polar surface area (TPSA) is 38.2 Å². The second-order valence-electron chi connectivity index (χ2n) is 4.40. The molecule has 1 aliphatic carbocycles. The van der Waals surface area contributed by atoms with E-state index in [0.29, 0.717) is 16.7 Å². The van der Waals surface area contributed by atoms with Gasteiger partial charge in [0.05, 0.1) is 19.5 Å². The van der Waals surface area contributed by atoms with Crippen molar-refractivity contribution in [1.82, 2.24) is 9.97 Å². The number of methoxy groups -OCH3 is 1. The highest BCUT2D eigenvalue weighted by molar-refractivity contribution is 9.09. The third kappa shape index (κ3) is 2.89. The Balaban J connectivity index is 2.14. The third-order valence-electron chi connectivity index (χ3n) is 3.31. The van der Waals surface area contributed by atoms with Crippen LogP contribution in [0.5, 0.6) is 5.88 Å². The van der Waals surface area contributed by atoms with Crippen molar-refractivity contribution in [1.29, 1.82) is 0 Å². The molecule has 2 rings (SSSR count). The zero-order valence-electron chi connectivity index (χ0n) is 10.3. The van der Waals surface area contributed by atoms with E-state index in [-0.39, 0.29) is 0 Å². The summed E-state index contributed by atoms with van der Waals surface area (Å²) in [6, 6.07) is 0.491. The van der Waals surface area contributed by atoms with Crippen molar-refractivity contribution < 1.29 is 4.74 Å². The van der Waals surface area contributed by atoms with E-state index in [1.165, 1.54) is 25.7 Å². The van der Waals surface area contributed by atoms with Gasteiger partial charge in [-0.15, -0.1) is 0 Å². The van der Waals surface area contributed by atoms with Gasteiger partial charge in [0.1, 0.15) is 0 Å². The van der Waals surface area contributed by atoms with Crippen molar-refractivity contribution in [3.63, 3.8) is 0 Å². The van der Waals surface area contributed by atoms with Crippen molar-refractivity contribution in [2.24, 2.45) is 0 Å². The van der Waals surface area contributed by atoms with Crippen molar-refractivity contribution in [2.75, 3.05) is 19.1 Å². The Hall–Kier alpha value is -0.840. The lowest BCUT2D eigenvalue weighted by Crippen LogP contribution is -2.41. The third-order valence-corrected chi connectivity index (χ3v) is 4.38. The van der Waals surface area contributed by atoms with Gasteiger partial charge >= 0.3 is 0 Å². The van der Waals surface area contributed by atoms with Crippen LogP contribution < -0.4 is 9.64 Å². The minimum atomic E-state index is 0.491. The molecule has 0 N–H and O–H groups in total. The van der Waals surface area contributed by atoms with Gasteiger partial charge in [0.25, 0.3) is 0 Å². The number of halogens is 1. The molecular weight excluding hydrogens is 282 g/mol. The summed E-state index contributed by atoms with van der Waals surface area (Å²) in [7, 11) is 3.69. The Kier molecular flexibility index (Phi) is 4.20. The van der Waals surface area contributed by atoms with Gasteiger partial charge in [0, 0.05) is 17.9 Å². The quantitative estimate of drug-likeness (QED) is 0.804. The number of alkyl halides is 1. The lowest BCUT2D eigenvalue weighted by atomic mass is 9.94. The number of ether oxygens (including phenoxy) is 1. The smallest absolute Gasteiger partial charge is 0.233 e. The SMILES string of the molecule is COc1cncc(N(C)C2CCCCC2Br)n1. The zero-order chi connectivity index (χ0) is 12.3. The highest BCUT2D eigenvalue weighted by Gasteiger charge is 2.27. The zero-order valence-corrected chi connectivity index (χ0v) is 11.9. The number of rotatable bonds is 3. The van der Waals surface area contributed by atoms with Crippen LogP contribution >= 0.6 is 15.9 Å². The van der Waals surface area contributed by atoms with E-state index in [0.717, 1.165) is 5.82 Å². The van der Waals surface area contributed by atoms with E-state index >= 15 is 0 Å². The fourth-order valence-electron chi connectivity index (χ4n) is 2.28. The molecule has 0 radical (unpaired) electrons. The molecule has 4 nitrogen and oxygen atoms in total. The van der Waals surface area contributed by atoms with Crippen molar-refractivity contribution in [3.05, 3.63) is 12.4 Å². The first kappa shape index (κ1) is 12.6. The molecule has 0 bridgehead atoms. The molecule has 0 amide bonds. The van der Waals surface area contributed by atoms with Gasteiger partial charge in [-0.25, -0.2) is 0 Å². The highest BCUT2D eigenvalue weighted by atomic mass is 79.9. The number of nitrogens with zero attached hydrogens (tertiary/aromatic N) is 3. The van der Waals surface area contributed by atoms with Crippen LogP contribution in [-0.2, 0) is 0 Å². The average molecular weight is 300 g/mol. The molecule has 17 heavy (non-hydrogen) atoms. The maximum absolute atomic E-state index is 5.11. The Morgan fingerprint density at radius 1 is 1.35 bits per heavy atom. The molecule has 2 unspecified atom stereocenters. The molecule has 0 saturated heterocycles. The molecule has 5 heteroatoms. The van der Waals surface area contributed by atoms with E-state index in [1.807, 2.05) is 0 Å². The molecule has 0 aliphatic heterocycles. The van der Waals surface area contributed by atoms with Gasteiger partial charge in [-0.05, 0) is 12.8 Å². The van der Waals surface area contributed by atoms with Crippen molar-refractivity contribution in [2.45, 2.75) is 36.6 Å². The second-order valence-corrected chi connectivity index (χ2v) is 5.57. The van der Waals surface area contributed by atoms with Gasteiger partial charge in [0.2, 0.25) is 5.88 Å². The normalized spacial score (nSPS) is 24.4. The van der Waals surface area contributed by atoms with Crippen LogP contribution in [0.15, 0.2) is 12.4 Å². The first-order valence-electron chi connectivity index (χ1n) is 5.95. The van der Waals surface area contributed by atoms with E-state index in [1.54, 1.807) is 19.5 Å². The molecule has 1 saturated carbocycles. The van der Waals surface area contributed by atoms with Crippen molar-refractivity contribution >= 4 is 21.7 Å². The Morgan fingerprint density at radius 3 is 2.82 bits per heavy atom. The van der Waals surface area contributed by atoms with Gasteiger partial charge < -0.3 is 9.64 Å². The van der Waals surface area contributed by atoms with Crippen LogP contribution in [-0.4, -0.2) is 35.0 Å². The summed E-state index contributed by atoms with van der Waals surface area (Å²) in [5.41, 5.74) is 0. The predicted octanol–water partition coefficient (Wildman–Crippen LogP) is 2.63. The van der Waals surface area contributed by atoms with Gasteiger partial charge in [-0.3, -0.25) is 4.98 Å². The van der Waals surface area contributed by atoms with E-state index in [2.05, 4.69) is 37.8 Å². The number of hydrogen-bond acceptors (Lipinski definition) is 4. The molecule has 1 aromatic rings. The fraction of sp³-hybridized carbons (Fsp3) is 0.667. The number of aromatic nitrogens is 2. The molecule has 0 spiro atoms. The van der Waals surface area contributed by atoms with Crippen LogP contribution in [0.25, 0.3) is 0 Å². The van der Waals surface area contributed by atoms with E-state index < -0.39 is 0 Å². The van der Waals surface area contributed by atoms with Crippen LogP contribution in [0.2, 0.25) is 0 Å². The summed E-state index contributed by atoms with van der Waals surface area (Å²) < 4.78 is 5.11. The molecule has 1 fully saturated rings. The molecule has 1 heterocycles. The summed E-state index contributed by atoms with van der Waals surface area (Å²) >= 11 is 3.77. The van der Waals surface area contributed by atoms with E-state index in [9.17, 15) is 0 Å². The lowest BCUT2D eigenvalue weighted by Gasteiger charge is -2.35. The summed E-state index contributed by atoms with van der Waals surface area (Å²) in [5, 5.41) is 0. The van der Waals surface area contributed by atoms with Gasteiger partial charge in [-0.2, -0.15) is 4.98 Å². The van der Waals surface area contributed by atoms with Crippen LogP contribution in [0.4, 0.5) is 5.82 Å².